The first-order valence-electron chi connectivity index (χ1n) is 9.65. The Morgan fingerprint density at radius 2 is 2.00 bits per heavy atom. The zero-order chi connectivity index (χ0) is 24.3. The molecule has 2 aromatic heterocycles. The second-order valence-corrected chi connectivity index (χ2v) is 9.56. The van der Waals surface area contributed by atoms with E-state index in [0.29, 0.717) is 26.4 Å². The second kappa shape index (κ2) is 10.4. The maximum Gasteiger partial charge on any atom is 0.341 e. The van der Waals surface area contributed by atoms with Gasteiger partial charge in [0, 0.05) is 31.7 Å². The number of carbonyl (C=O) groups excluding carboxylic acids is 3. The number of thiophene rings is 1. The van der Waals surface area contributed by atoms with Crippen LogP contribution in [0.25, 0.3) is 11.4 Å². The lowest BCUT2D eigenvalue weighted by Gasteiger charge is -2.08. The number of ether oxygens (including phenoxy) is 1. The molecule has 3 rings (SSSR count). The predicted molar refractivity (Wildman–Crippen MR) is 129 cm³/mol. The molecule has 0 fully saturated rings. The van der Waals surface area contributed by atoms with Crippen LogP contribution in [0.1, 0.15) is 25.6 Å². The molecule has 174 valence electrons. The van der Waals surface area contributed by atoms with Crippen molar-refractivity contribution in [2.24, 2.45) is 7.05 Å². The number of carbonyl (C=O) groups is 3. The van der Waals surface area contributed by atoms with E-state index in [1.807, 2.05) is 12.1 Å². The highest BCUT2D eigenvalue weighted by Crippen LogP contribution is 2.34. The fourth-order valence-electron chi connectivity index (χ4n) is 2.97. The molecule has 0 aliphatic carbocycles. The minimum atomic E-state index is -0.621. The first kappa shape index (κ1) is 24.7. The molecule has 0 aliphatic heterocycles. The summed E-state index contributed by atoms with van der Waals surface area (Å²) in [6.07, 6.45) is 0. The van der Waals surface area contributed by atoms with Gasteiger partial charge in [0.15, 0.2) is 11.0 Å². The Morgan fingerprint density at radius 1 is 1.27 bits per heavy atom. The smallest absolute Gasteiger partial charge is 0.341 e. The number of amides is 2. The fraction of sp³-hybridized carbons (Fsp3) is 0.286. The summed E-state index contributed by atoms with van der Waals surface area (Å²) < 4.78 is 6.62. The van der Waals surface area contributed by atoms with E-state index in [1.54, 1.807) is 44.8 Å². The van der Waals surface area contributed by atoms with Crippen molar-refractivity contribution in [3.05, 3.63) is 45.3 Å². The summed E-state index contributed by atoms with van der Waals surface area (Å²) in [4.78, 5) is 39.2. The third-order valence-corrected chi connectivity index (χ3v) is 7.09. The van der Waals surface area contributed by atoms with E-state index in [2.05, 4.69) is 15.5 Å². The van der Waals surface area contributed by atoms with Crippen molar-refractivity contribution >= 4 is 57.5 Å². The van der Waals surface area contributed by atoms with Crippen molar-refractivity contribution in [3.8, 4) is 11.4 Å². The number of hydrogen-bond donors (Lipinski definition) is 1. The number of esters is 1. The van der Waals surface area contributed by atoms with Gasteiger partial charge in [0.25, 0.3) is 5.91 Å². The lowest BCUT2D eigenvalue weighted by atomic mass is 10.1. The number of rotatable bonds is 7. The maximum atomic E-state index is 12.7. The van der Waals surface area contributed by atoms with E-state index in [1.165, 1.54) is 23.8 Å². The van der Waals surface area contributed by atoms with Crippen LogP contribution >= 0.6 is 34.7 Å². The Balaban J connectivity index is 1.76. The highest BCUT2D eigenvalue weighted by atomic mass is 35.5. The number of aromatic nitrogens is 3. The largest absolute Gasteiger partial charge is 0.465 e. The molecular weight excluding hydrogens is 486 g/mol. The molecule has 0 radical (unpaired) electrons. The van der Waals surface area contributed by atoms with Gasteiger partial charge in [-0.2, -0.15) is 0 Å². The van der Waals surface area contributed by atoms with Crippen LogP contribution in [0.3, 0.4) is 0 Å². The number of methoxy groups -OCH3 is 1. The maximum absolute atomic E-state index is 12.7. The zero-order valence-corrected chi connectivity index (χ0v) is 21.0. The van der Waals surface area contributed by atoms with Gasteiger partial charge < -0.3 is 19.5 Å². The average Bonchev–Trinajstić information content (AvgIpc) is 3.30. The quantitative estimate of drug-likeness (QED) is 0.383. The van der Waals surface area contributed by atoms with Crippen LogP contribution in [0.2, 0.25) is 5.02 Å². The number of benzene rings is 1. The van der Waals surface area contributed by atoms with Crippen molar-refractivity contribution in [3.63, 3.8) is 0 Å². The van der Waals surface area contributed by atoms with Crippen LogP contribution in [0.5, 0.6) is 0 Å². The molecule has 0 spiro atoms. The molecule has 3 aromatic rings. The molecule has 0 unspecified atom stereocenters. The topological polar surface area (TPSA) is 106 Å². The van der Waals surface area contributed by atoms with Gasteiger partial charge in [0.1, 0.15) is 5.00 Å². The van der Waals surface area contributed by atoms with Crippen LogP contribution in [-0.4, -0.2) is 64.4 Å². The third kappa shape index (κ3) is 5.37. The molecule has 2 heterocycles. The molecule has 0 saturated carbocycles. The van der Waals surface area contributed by atoms with Crippen molar-refractivity contribution in [2.75, 3.05) is 32.3 Å². The van der Waals surface area contributed by atoms with E-state index < -0.39 is 5.97 Å². The zero-order valence-electron chi connectivity index (χ0n) is 18.6. The van der Waals surface area contributed by atoms with Crippen molar-refractivity contribution in [1.82, 2.24) is 19.7 Å². The van der Waals surface area contributed by atoms with Crippen LogP contribution in [-0.2, 0) is 16.6 Å². The van der Waals surface area contributed by atoms with Crippen LogP contribution < -0.4 is 5.32 Å². The van der Waals surface area contributed by atoms with E-state index in [9.17, 15) is 14.4 Å². The molecule has 0 bridgehead atoms. The van der Waals surface area contributed by atoms with Crippen molar-refractivity contribution in [2.45, 2.75) is 12.1 Å². The standard InChI is InChI=1S/C21H22ClN5O4S2/c1-11-15(20(30)31-5)18(33-16(11)19(29)26(2)3)23-14(28)10-32-21-25-24-17(27(21)4)12-7-6-8-13(22)9-12/h6-9H,10H2,1-5H3,(H,23,28). The monoisotopic (exact) mass is 507 g/mol. The first-order valence-corrected chi connectivity index (χ1v) is 11.8. The van der Waals surface area contributed by atoms with Gasteiger partial charge >= 0.3 is 5.97 Å². The number of anilines is 1. The summed E-state index contributed by atoms with van der Waals surface area (Å²) in [6, 6.07) is 7.25. The minimum absolute atomic E-state index is 0.0238. The average molecular weight is 508 g/mol. The molecule has 1 aromatic carbocycles. The second-order valence-electron chi connectivity index (χ2n) is 7.16. The molecule has 9 nitrogen and oxygen atoms in total. The molecule has 33 heavy (non-hydrogen) atoms. The Morgan fingerprint density at radius 3 is 2.64 bits per heavy atom. The Kier molecular flexibility index (Phi) is 7.77. The van der Waals surface area contributed by atoms with Gasteiger partial charge in [-0.15, -0.1) is 21.5 Å². The van der Waals surface area contributed by atoms with E-state index in [4.69, 9.17) is 16.3 Å². The highest BCUT2D eigenvalue weighted by molar-refractivity contribution is 7.99. The Hall–Kier alpha value is -2.89. The van der Waals surface area contributed by atoms with Gasteiger partial charge in [0.2, 0.25) is 5.91 Å². The Bertz CT molecular complexity index is 1220. The van der Waals surface area contributed by atoms with Crippen LogP contribution in [0.4, 0.5) is 5.00 Å². The molecule has 0 aliphatic rings. The van der Waals surface area contributed by atoms with Crippen molar-refractivity contribution in [1.29, 1.82) is 0 Å². The lowest BCUT2D eigenvalue weighted by Crippen LogP contribution is -2.21. The van der Waals surface area contributed by atoms with Crippen molar-refractivity contribution < 1.29 is 19.1 Å². The van der Waals surface area contributed by atoms with E-state index >= 15 is 0 Å². The van der Waals surface area contributed by atoms with E-state index in [-0.39, 0.29) is 28.1 Å². The van der Waals surface area contributed by atoms with E-state index in [0.717, 1.165) is 16.9 Å². The fourth-order valence-corrected chi connectivity index (χ4v) is 5.10. The summed E-state index contributed by atoms with van der Waals surface area (Å²) >= 11 is 8.29. The van der Waals surface area contributed by atoms with Crippen LogP contribution in [0.15, 0.2) is 29.4 Å². The first-order chi connectivity index (χ1) is 15.6. The SMILES string of the molecule is COC(=O)c1c(NC(=O)CSc2nnc(-c3cccc(Cl)c3)n2C)sc(C(=O)N(C)C)c1C. The summed E-state index contributed by atoms with van der Waals surface area (Å²) in [5.41, 5.74) is 1.45. The molecule has 0 saturated heterocycles. The molecule has 1 N–H and O–H groups in total. The summed E-state index contributed by atoms with van der Waals surface area (Å²) in [5, 5.41) is 12.5. The van der Waals surface area contributed by atoms with Gasteiger partial charge in [-0.25, -0.2) is 4.79 Å². The molecule has 12 heteroatoms. The third-order valence-electron chi connectivity index (χ3n) is 4.64. The predicted octanol–water partition coefficient (Wildman–Crippen LogP) is 3.72. The molecular formula is C21H22ClN5O4S2. The summed E-state index contributed by atoms with van der Waals surface area (Å²) in [5.74, 6) is -0.596. The van der Waals surface area contributed by atoms with Gasteiger partial charge in [-0.3, -0.25) is 9.59 Å². The van der Waals surface area contributed by atoms with Gasteiger partial charge in [-0.1, -0.05) is 35.5 Å². The normalized spacial score (nSPS) is 10.7. The van der Waals surface area contributed by atoms with Gasteiger partial charge in [-0.05, 0) is 24.6 Å². The molecule has 2 amide bonds. The molecule has 0 atom stereocenters. The Labute approximate surface area is 204 Å². The number of nitrogens with one attached hydrogen (secondary N) is 1. The summed E-state index contributed by atoms with van der Waals surface area (Å²) in [7, 11) is 6.28. The number of hydrogen-bond acceptors (Lipinski definition) is 8. The van der Waals surface area contributed by atoms with Crippen LogP contribution in [0, 0.1) is 6.92 Å². The highest BCUT2D eigenvalue weighted by Gasteiger charge is 2.27. The summed E-state index contributed by atoms with van der Waals surface area (Å²) in [6.45, 7) is 1.65. The number of thioether (sulfide) groups is 1. The number of nitrogens with zero attached hydrogens (tertiary/aromatic N) is 4. The van der Waals surface area contributed by atoms with Gasteiger partial charge in [0.05, 0.1) is 23.3 Å². The number of halogens is 1. The minimum Gasteiger partial charge on any atom is -0.465 e. The lowest BCUT2D eigenvalue weighted by molar-refractivity contribution is -0.113.